The summed E-state index contributed by atoms with van der Waals surface area (Å²) in [4.78, 5) is 22.7. The SMILES string of the molecule is CCCCC(=O)NC(=S)Nc1ccccc1C(N)=O. The Hall–Kier alpha value is -1.95. The van der Waals surface area contributed by atoms with Crippen LogP contribution in [0.1, 0.15) is 36.5 Å². The largest absolute Gasteiger partial charge is 0.366 e. The second-order valence-electron chi connectivity index (χ2n) is 4.02. The van der Waals surface area contributed by atoms with Crippen LogP contribution in [0.5, 0.6) is 0 Å². The number of rotatable bonds is 5. The third kappa shape index (κ3) is 5.05. The lowest BCUT2D eigenvalue weighted by Crippen LogP contribution is -2.34. The third-order valence-corrected chi connectivity index (χ3v) is 2.66. The lowest BCUT2D eigenvalue weighted by molar-refractivity contribution is -0.119. The molecule has 0 fully saturated rings. The van der Waals surface area contributed by atoms with Gasteiger partial charge in [0.2, 0.25) is 5.91 Å². The molecule has 2 amide bonds. The number of thiocarbonyl (C=S) groups is 1. The van der Waals surface area contributed by atoms with E-state index in [2.05, 4.69) is 10.6 Å². The Kier molecular flexibility index (Phi) is 5.95. The molecule has 1 rings (SSSR count). The summed E-state index contributed by atoms with van der Waals surface area (Å²) < 4.78 is 0. The van der Waals surface area contributed by atoms with E-state index in [-0.39, 0.29) is 11.0 Å². The summed E-state index contributed by atoms with van der Waals surface area (Å²) in [6.07, 6.45) is 2.18. The molecule has 0 aliphatic carbocycles. The zero-order chi connectivity index (χ0) is 14.3. The predicted octanol–water partition coefficient (Wildman–Crippen LogP) is 1.79. The van der Waals surface area contributed by atoms with Crippen LogP contribution >= 0.6 is 12.2 Å². The molecule has 0 aliphatic rings. The van der Waals surface area contributed by atoms with Crippen molar-refractivity contribution in [3.05, 3.63) is 29.8 Å². The Bertz CT molecular complexity index is 489. The van der Waals surface area contributed by atoms with Crippen molar-refractivity contribution in [2.24, 2.45) is 5.73 Å². The lowest BCUT2D eigenvalue weighted by Gasteiger charge is -2.11. The number of carbonyl (C=O) groups excluding carboxylic acids is 2. The monoisotopic (exact) mass is 279 g/mol. The normalized spacial score (nSPS) is 9.74. The van der Waals surface area contributed by atoms with Crippen LogP contribution < -0.4 is 16.4 Å². The van der Waals surface area contributed by atoms with Gasteiger partial charge < -0.3 is 16.4 Å². The molecule has 0 unspecified atom stereocenters. The minimum Gasteiger partial charge on any atom is -0.366 e. The summed E-state index contributed by atoms with van der Waals surface area (Å²) in [6, 6.07) is 6.71. The van der Waals surface area contributed by atoms with Gasteiger partial charge in [0, 0.05) is 6.42 Å². The maximum Gasteiger partial charge on any atom is 0.250 e. The molecule has 102 valence electrons. The van der Waals surface area contributed by atoms with E-state index in [0.29, 0.717) is 17.7 Å². The molecule has 0 heterocycles. The quantitative estimate of drug-likeness (QED) is 0.717. The van der Waals surface area contributed by atoms with Gasteiger partial charge in [-0.3, -0.25) is 9.59 Å². The number of nitrogens with two attached hydrogens (primary N) is 1. The van der Waals surface area contributed by atoms with Crippen LogP contribution in [-0.4, -0.2) is 16.9 Å². The lowest BCUT2D eigenvalue weighted by atomic mass is 10.1. The number of hydrogen-bond donors (Lipinski definition) is 3. The second-order valence-corrected chi connectivity index (χ2v) is 4.42. The topological polar surface area (TPSA) is 84.2 Å². The van der Waals surface area contributed by atoms with E-state index in [4.69, 9.17) is 18.0 Å². The standard InChI is InChI=1S/C13H17N3O2S/c1-2-3-8-11(17)16-13(19)15-10-7-5-4-6-9(10)12(14)18/h4-7H,2-3,8H2,1H3,(H2,14,18)(H2,15,16,17,19). The predicted molar refractivity (Wildman–Crippen MR) is 78.8 cm³/mol. The van der Waals surface area contributed by atoms with Gasteiger partial charge in [0.1, 0.15) is 0 Å². The Labute approximate surface area is 117 Å². The van der Waals surface area contributed by atoms with Crippen molar-refractivity contribution >= 4 is 34.8 Å². The highest BCUT2D eigenvalue weighted by molar-refractivity contribution is 7.80. The molecule has 1 aromatic rings. The van der Waals surface area contributed by atoms with E-state index in [9.17, 15) is 9.59 Å². The maximum atomic E-state index is 11.5. The maximum absolute atomic E-state index is 11.5. The van der Waals surface area contributed by atoms with E-state index in [0.717, 1.165) is 12.8 Å². The molecule has 0 spiro atoms. The highest BCUT2D eigenvalue weighted by Crippen LogP contribution is 2.13. The second kappa shape index (κ2) is 7.48. The average Bonchev–Trinajstić information content (AvgIpc) is 2.36. The van der Waals surface area contributed by atoms with Crippen LogP contribution in [0.4, 0.5) is 5.69 Å². The number of primary amides is 1. The highest BCUT2D eigenvalue weighted by Gasteiger charge is 2.09. The first kappa shape index (κ1) is 15.1. The summed E-state index contributed by atoms with van der Waals surface area (Å²) in [5, 5.41) is 5.52. The molecule has 4 N–H and O–H groups in total. The van der Waals surface area contributed by atoms with Crippen molar-refractivity contribution in [3.8, 4) is 0 Å². The first-order valence-corrected chi connectivity index (χ1v) is 6.45. The molecule has 0 aliphatic heterocycles. The molecule has 0 saturated heterocycles. The molecule has 19 heavy (non-hydrogen) atoms. The minimum atomic E-state index is -0.553. The van der Waals surface area contributed by atoms with Gasteiger partial charge in [-0.25, -0.2) is 0 Å². The summed E-state index contributed by atoms with van der Waals surface area (Å²) >= 11 is 5.01. The summed E-state index contributed by atoms with van der Waals surface area (Å²) in [7, 11) is 0. The fourth-order valence-electron chi connectivity index (χ4n) is 1.49. The fourth-order valence-corrected chi connectivity index (χ4v) is 1.71. The number of hydrogen-bond acceptors (Lipinski definition) is 3. The van der Waals surface area contributed by atoms with E-state index in [1.807, 2.05) is 6.92 Å². The summed E-state index contributed by atoms with van der Waals surface area (Å²) in [6.45, 7) is 2.01. The van der Waals surface area contributed by atoms with Gasteiger partial charge in [0.05, 0.1) is 11.3 Å². The van der Waals surface area contributed by atoms with Crippen LogP contribution in [0.25, 0.3) is 0 Å². The Morgan fingerprint density at radius 2 is 2.00 bits per heavy atom. The zero-order valence-corrected chi connectivity index (χ0v) is 11.5. The first-order chi connectivity index (χ1) is 9.04. The van der Waals surface area contributed by atoms with Crippen LogP contribution in [0.2, 0.25) is 0 Å². The van der Waals surface area contributed by atoms with Gasteiger partial charge in [-0.15, -0.1) is 0 Å². The molecule has 0 aromatic heterocycles. The minimum absolute atomic E-state index is 0.143. The summed E-state index contributed by atoms with van der Waals surface area (Å²) in [5.41, 5.74) is 6.06. The van der Waals surface area contributed by atoms with Gasteiger partial charge in [0.15, 0.2) is 5.11 Å². The van der Waals surface area contributed by atoms with Crippen LogP contribution in [0.15, 0.2) is 24.3 Å². The van der Waals surface area contributed by atoms with Gasteiger partial charge in [-0.05, 0) is 30.8 Å². The molecule has 0 atom stereocenters. The number of benzene rings is 1. The van der Waals surface area contributed by atoms with E-state index in [1.54, 1.807) is 24.3 Å². The fraction of sp³-hybridized carbons (Fsp3) is 0.308. The smallest absolute Gasteiger partial charge is 0.250 e. The van der Waals surface area contributed by atoms with Gasteiger partial charge in [-0.2, -0.15) is 0 Å². The number of carbonyl (C=O) groups is 2. The molecule has 5 nitrogen and oxygen atoms in total. The first-order valence-electron chi connectivity index (χ1n) is 6.04. The van der Waals surface area contributed by atoms with E-state index >= 15 is 0 Å². The van der Waals surface area contributed by atoms with Gasteiger partial charge in [0.25, 0.3) is 5.91 Å². The van der Waals surface area contributed by atoms with Crippen LogP contribution in [-0.2, 0) is 4.79 Å². The highest BCUT2D eigenvalue weighted by atomic mass is 32.1. The molecule has 0 bridgehead atoms. The summed E-state index contributed by atoms with van der Waals surface area (Å²) in [5.74, 6) is -0.695. The Balaban J connectivity index is 2.62. The molecule has 0 saturated carbocycles. The zero-order valence-electron chi connectivity index (χ0n) is 10.7. The van der Waals surface area contributed by atoms with Crippen molar-refractivity contribution in [2.45, 2.75) is 26.2 Å². The van der Waals surface area contributed by atoms with Gasteiger partial charge in [-0.1, -0.05) is 25.5 Å². The molecular weight excluding hydrogens is 262 g/mol. The molecule has 0 radical (unpaired) electrons. The molecule has 6 heteroatoms. The van der Waals surface area contributed by atoms with Crippen LogP contribution in [0, 0.1) is 0 Å². The Morgan fingerprint density at radius 1 is 1.32 bits per heavy atom. The van der Waals surface area contributed by atoms with E-state index in [1.165, 1.54) is 0 Å². The van der Waals surface area contributed by atoms with Crippen molar-refractivity contribution in [1.82, 2.24) is 5.32 Å². The van der Waals surface area contributed by atoms with Crippen LogP contribution in [0.3, 0.4) is 0 Å². The molecular formula is C13H17N3O2S. The number of amides is 2. The number of anilines is 1. The number of unbranched alkanes of at least 4 members (excludes halogenated alkanes) is 1. The average molecular weight is 279 g/mol. The Morgan fingerprint density at radius 3 is 2.63 bits per heavy atom. The number of nitrogens with one attached hydrogen (secondary N) is 2. The van der Waals surface area contributed by atoms with Crippen molar-refractivity contribution in [3.63, 3.8) is 0 Å². The number of para-hydroxylation sites is 1. The van der Waals surface area contributed by atoms with Crippen molar-refractivity contribution in [2.75, 3.05) is 5.32 Å². The van der Waals surface area contributed by atoms with Crippen molar-refractivity contribution < 1.29 is 9.59 Å². The third-order valence-electron chi connectivity index (χ3n) is 2.45. The van der Waals surface area contributed by atoms with Gasteiger partial charge >= 0.3 is 0 Å². The van der Waals surface area contributed by atoms with E-state index < -0.39 is 5.91 Å². The van der Waals surface area contributed by atoms with Crippen molar-refractivity contribution in [1.29, 1.82) is 0 Å². The molecule has 1 aromatic carbocycles.